The molecule has 1 aliphatic rings. The second kappa shape index (κ2) is 3.88. The summed E-state index contributed by atoms with van der Waals surface area (Å²) in [5.41, 5.74) is 2.81. The average molecular weight is 229 g/mol. The normalized spacial score (nSPS) is 21.9. The fraction of sp³-hybridized carbons (Fsp3) is 0.467. The quantitative estimate of drug-likeness (QED) is 0.867. The molecule has 1 saturated carbocycles. The molecule has 1 N–H and O–H groups in total. The fourth-order valence-electron chi connectivity index (χ4n) is 2.48. The van der Waals surface area contributed by atoms with Gasteiger partial charge in [-0.25, -0.2) is 0 Å². The van der Waals surface area contributed by atoms with Gasteiger partial charge in [-0.2, -0.15) is 0 Å². The first-order valence-corrected chi connectivity index (χ1v) is 6.33. The second-order valence-corrected chi connectivity index (χ2v) is 5.78. The minimum Gasteiger partial charge on any atom is -0.464 e. The Balaban J connectivity index is 1.62. The molecule has 0 saturated heterocycles. The Morgan fingerprint density at radius 1 is 1.35 bits per heavy atom. The molecule has 0 amide bonds. The van der Waals surface area contributed by atoms with Crippen LogP contribution in [0.1, 0.15) is 25.8 Å². The van der Waals surface area contributed by atoms with Crippen LogP contribution in [0.25, 0.3) is 11.0 Å². The predicted octanol–water partition coefficient (Wildman–Crippen LogP) is 3.57. The van der Waals surface area contributed by atoms with Gasteiger partial charge < -0.3 is 9.73 Å². The molecule has 2 heteroatoms. The van der Waals surface area contributed by atoms with Crippen molar-refractivity contribution in [1.82, 2.24) is 5.32 Å². The Labute approximate surface area is 102 Å². The molecular formula is C15H19NO. The molecule has 0 spiro atoms. The van der Waals surface area contributed by atoms with E-state index in [-0.39, 0.29) is 0 Å². The summed E-state index contributed by atoms with van der Waals surface area (Å²) in [4.78, 5) is 0. The van der Waals surface area contributed by atoms with Crippen molar-refractivity contribution >= 4 is 11.0 Å². The summed E-state index contributed by atoms with van der Waals surface area (Å²) >= 11 is 0. The Kier molecular flexibility index (Phi) is 2.48. The lowest BCUT2D eigenvalue weighted by molar-refractivity contribution is 0.518. The number of fused-ring (bicyclic) bond motifs is 1. The second-order valence-electron chi connectivity index (χ2n) is 5.78. The van der Waals surface area contributed by atoms with Crippen LogP contribution in [-0.4, -0.2) is 6.54 Å². The lowest BCUT2D eigenvalue weighted by Gasteiger charge is -2.05. The molecule has 0 radical (unpaired) electrons. The molecule has 1 heterocycles. The van der Waals surface area contributed by atoms with E-state index in [1.807, 2.05) is 18.4 Å². The van der Waals surface area contributed by atoms with E-state index in [1.54, 1.807) is 0 Å². The molecule has 90 valence electrons. The van der Waals surface area contributed by atoms with Crippen molar-refractivity contribution in [1.29, 1.82) is 0 Å². The van der Waals surface area contributed by atoms with E-state index in [9.17, 15) is 0 Å². The van der Waals surface area contributed by atoms with Crippen molar-refractivity contribution in [2.75, 3.05) is 6.54 Å². The molecule has 1 aromatic carbocycles. The van der Waals surface area contributed by atoms with E-state index in [0.717, 1.165) is 24.6 Å². The maximum atomic E-state index is 5.52. The van der Waals surface area contributed by atoms with Crippen molar-refractivity contribution in [3.8, 4) is 0 Å². The van der Waals surface area contributed by atoms with Gasteiger partial charge in [0.1, 0.15) is 5.58 Å². The molecule has 2 aromatic rings. The topological polar surface area (TPSA) is 25.2 Å². The highest BCUT2D eigenvalue weighted by Gasteiger charge is 2.44. The van der Waals surface area contributed by atoms with E-state index in [2.05, 4.69) is 31.3 Å². The highest BCUT2D eigenvalue weighted by atomic mass is 16.3. The molecule has 1 aliphatic carbocycles. The first-order chi connectivity index (χ1) is 8.17. The summed E-state index contributed by atoms with van der Waals surface area (Å²) in [5.74, 6) is 0.848. The third-order valence-electron chi connectivity index (χ3n) is 3.98. The van der Waals surface area contributed by atoms with E-state index in [0.29, 0.717) is 5.41 Å². The molecule has 1 aromatic heterocycles. The average Bonchev–Trinajstić information content (AvgIpc) is 2.74. The molecule has 3 rings (SSSR count). The van der Waals surface area contributed by atoms with Crippen LogP contribution < -0.4 is 5.32 Å². The van der Waals surface area contributed by atoms with Crippen LogP contribution in [0.4, 0.5) is 0 Å². The smallest absolute Gasteiger partial charge is 0.134 e. The zero-order valence-corrected chi connectivity index (χ0v) is 10.5. The summed E-state index contributed by atoms with van der Waals surface area (Å²) in [5, 5.41) is 4.77. The highest BCUT2D eigenvalue weighted by Crippen LogP contribution is 2.50. The third-order valence-corrected chi connectivity index (χ3v) is 3.98. The highest BCUT2D eigenvalue weighted by molar-refractivity contribution is 5.80. The van der Waals surface area contributed by atoms with Crippen LogP contribution in [-0.2, 0) is 6.54 Å². The number of para-hydroxylation sites is 1. The van der Waals surface area contributed by atoms with Gasteiger partial charge in [-0.3, -0.25) is 0 Å². The van der Waals surface area contributed by atoms with E-state index in [1.165, 1.54) is 17.4 Å². The van der Waals surface area contributed by atoms with Crippen molar-refractivity contribution in [2.24, 2.45) is 11.3 Å². The molecule has 0 aliphatic heterocycles. The van der Waals surface area contributed by atoms with Crippen LogP contribution in [0, 0.1) is 11.3 Å². The van der Waals surface area contributed by atoms with Crippen LogP contribution in [0.15, 0.2) is 34.9 Å². The van der Waals surface area contributed by atoms with Crippen LogP contribution in [0.2, 0.25) is 0 Å². The molecular weight excluding hydrogens is 210 g/mol. The molecule has 1 unspecified atom stereocenters. The van der Waals surface area contributed by atoms with Gasteiger partial charge in [0.25, 0.3) is 0 Å². The SMILES string of the molecule is CC1(C)CC1CNCc1coc2ccccc12. The Morgan fingerprint density at radius 2 is 2.12 bits per heavy atom. The van der Waals surface area contributed by atoms with Crippen molar-refractivity contribution in [3.05, 3.63) is 36.1 Å². The first-order valence-electron chi connectivity index (χ1n) is 6.33. The predicted molar refractivity (Wildman–Crippen MR) is 69.8 cm³/mol. The van der Waals surface area contributed by atoms with Gasteiger partial charge in [0.15, 0.2) is 0 Å². The van der Waals surface area contributed by atoms with E-state index in [4.69, 9.17) is 4.42 Å². The van der Waals surface area contributed by atoms with Crippen molar-refractivity contribution < 1.29 is 4.42 Å². The Morgan fingerprint density at radius 3 is 2.88 bits per heavy atom. The minimum atomic E-state index is 0.561. The minimum absolute atomic E-state index is 0.561. The van der Waals surface area contributed by atoms with Gasteiger partial charge in [-0.15, -0.1) is 0 Å². The monoisotopic (exact) mass is 229 g/mol. The van der Waals surface area contributed by atoms with Gasteiger partial charge >= 0.3 is 0 Å². The molecule has 0 bridgehead atoms. The molecule has 1 atom stereocenters. The Hall–Kier alpha value is -1.28. The zero-order chi connectivity index (χ0) is 11.9. The maximum Gasteiger partial charge on any atom is 0.134 e. The van der Waals surface area contributed by atoms with E-state index >= 15 is 0 Å². The van der Waals surface area contributed by atoms with Crippen molar-refractivity contribution in [2.45, 2.75) is 26.8 Å². The number of furan rings is 1. The summed E-state index contributed by atoms with van der Waals surface area (Å²) < 4.78 is 5.52. The maximum absolute atomic E-state index is 5.52. The number of benzene rings is 1. The van der Waals surface area contributed by atoms with Crippen LogP contribution in [0.3, 0.4) is 0 Å². The summed E-state index contributed by atoms with van der Waals surface area (Å²) in [6.07, 6.45) is 3.22. The fourth-order valence-corrected chi connectivity index (χ4v) is 2.48. The van der Waals surface area contributed by atoms with Gasteiger partial charge in [0, 0.05) is 17.5 Å². The number of rotatable bonds is 4. The zero-order valence-electron chi connectivity index (χ0n) is 10.5. The van der Waals surface area contributed by atoms with Gasteiger partial charge in [-0.05, 0) is 30.4 Å². The van der Waals surface area contributed by atoms with Gasteiger partial charge in [0.2, 0.25) is 0 Å². The molecule has 17 heavy (non-hydrogen) atoms. The summed E-state index contributed by atoms with van der Waals surface area (Å²) in [7, 11) is 0. The van der Waals surface area contributed by atoms with Crippen LogP contribution >= 0.6 is 0 Å². The van der Waals surface area contributed by atoms with Crippen LogP contribution in [0.5, 0.6) is 0 Å². The van der Waals surface area contributed by atoms with Gasteiger partial charge in [-0.1, -0.05) is 32.0 Å². The van der Waals surface area contributed by atoms with Gasteiger partial charge in [0.05, 0.1) is 6.26 Å². The largest absolute Gasteiger partial charge is 0.464 e. The summed E-state index contributed by atoms with van der Waals surface area (Å²) in [6.45, 7) is 6.70. The number of hydrogen-bond acceptors (Lipinski definition) is 2. The van der Waals surface area contributed by atoms with E-state index < -0.39 is 0 Å². The summed E-state index contributed by atoms with van der Waals surface area (Å²) in [6, 6.07) is 8.21. The molecule has 2 nitrogen and oxygen atoms in total. The standard InChI is InChI=1S/C15H19NO/c1-15(2)7-12(15)9-16-8-11-10-17-14-6-4-3-5-13(11)14/h3-6,10,12,16H,7-9H2,1-2H3. The number of nitrogens with one attached hydrogen (secondary N) is 1. The van der Waals surface area contributed by atoms with Crippen molar-refractivity contribution in [3.63, 3.8) is 0 Å². The molecule has 1 fully saturated rings. The number of hydrogen-bond donors (Lipinski definition) is 1. The Bertz CT molecular complexity index is 526. The first kappa shape index (κ1) is 10.8. The lowest BCUT2D eigenvalue weighted by atomic mass is 10.1. The lowest BCUT2D eigenvalue weighted by Crippen LogP contribution is -2.17. The third kappa shape index (κ3) is 2.09.